The van der Waals surface area contributed by atoms with Crippen molar-refractivity contribution in [3.05, 3.63) is 64.7 Å². The molecular weight excluding hydrogens is 474 g/mol. The van der Waals surface area contributed by atoms with Crippen LogP contribution < -0.4 is 10.6 Å². The molecule has 0 spiro atoms. The molecular formula is C25H28F6N2O2. The zero-order valence-electron chi connectivity index (χ0n) is 19.2. The lowest BCUT2D eigenvalue weighted by atomic mass is 9.76. The van der Waals surface area contributed by atoms with Gasteiger partial charge in [-0.1, -0.05) is 31.4 Å². The van der Waals surface area contributed by atoms with Crippen LogP contribution in [0.4, 0.5) is 32.0 Å². The van der Waals surface area contributed by atoms with Gasteiger partial charge in [-0.15, -0.1) is 0 Å². The molecule has 1 atom stereocenters. The van der Waals surface area contributed by atoms with Crippen LogP contribution in [0.5, 0.6) is 0 Å². The molecule has 0 aromatic heterocycles. The fourth-order valence-corrected chi connectivity index (χ4v) is 4.47. The molecule has 0 bridgehead atoms. The van der Waals surface area contributed by atoms with Gasteiger partial charge in [0.15, 0.2) is 0 Å². The Morgan fingerprint density at radius 3 is 1.97 bits per heavy atom. The fraction of sp³-hybridized carbons (Fsp3) is 0.480. The lowest BCUT2D eigenvalue weighted by Gasteiger charge is -2.39. The normalized spacial score (nSPS) is 17.0. The number of hydrogen-bond acceptors (Lipinski definition) is 3. The van der Waals surface area contributed by atoms with E-state index in [1.807, 2.05) is 12.1 Å². The SMILES string of the molecule is CC(C(=O)NC1(c2ccc(NCCO)cc2)CCCCC1)c1cc(C(F)(F)F)cc(C(F)(F)F)c1. The van der Waals surface area contributed by atoms with Gasteiger partial charge in [-0.2, -0.15) is 26.3 Å². The van der Waals surface area contributed by atoms with Crippen molar-refractivity contribution in [1.82, 2.24) is 5.32 Å². The van der Waals surface area contributed by atoms with Gasteiger partial charge in [-0.3, -0.25) is 4.79 Å². The van der Waals surface area contributed by atoms with Gasteiger partial charge >= 0.3 is 12.4 Å². The summed E-state index contributed by atoms with van der Waals surface area (Å²) in [5.74, 6) is -1.87. The van der Waals surface area contributed by atoms with Crippen molar-refractivity contribution in [2.75, 3.05) is 18.5 Å². The van der Waals surface area contributed by atoms with Gasteiger partial charge < -0.3 is 15.7 Å². The van der Waals surface area contributed by atoms with E-state index in [1.165, 1.54) is 6.92 Å². The third kappa shape index (κ3) is 6.48. The van der Waals surface area contributed by atoms with Crippen molar-refractivity contribution in [3.8, 4) is 0 Å². The number of halogens is 6. The Morgan fingerprint density at radius 2 is 1.49 bits per heavy atom. The summed E-state index contributed by atoms with van der Waals surface area (Å²) in [5, 5.41) is 15.0. The van der Waals surface area contributed by atoms with Crippen LogP contribution in [0, 0.1) is 0 Å². The standard InChI is InChI=1S/C25H28F6N2O2/c1-16(17-13-19(24(26,27)28)15-20(14-17)25(29,30)31)22(35)33-23(9-3-2-4-10-23)18-5-7-21(8-6-18)32-11-12-34/h5-8,13-16,32,34H,2-4,9-12H2,1H3,(H,33,35). The zero-order chi connectivity index (χ0) is 25.9. The van der Waals surface area contributed by atoms with E-state index in [4.69, 9.17) is 5.11 Å². The molecule has 0 aliphatic heterocycles. The van der Waals surface area contributed by atoms with E-state index < -0.39 is 40.8 Å². The first kappa shape index (κ1) is 26.8. The predicted octanol–water partition coefficient (Wildman–Crippen LogP) is 6.21. The summed E-state index contributed by atoms with van der Waals surface area (Å²) < 4.78 is 79.7. The van der Waals surface area contributed by atoms with Gasteiger partial charge in [-0.05, 0) is 61.2 Å². The number of alkyl halides is 6. The summed E-state index contributed by atoms with van der Waals surface area (Å²) in [6.45, 7) is 1.64. The molecule has 1 aliphatic rings. The average molecular weight is 502 g/mol. The molecule has 3 rings (SSSR count). The molecule has 1 fully saturated rings. The highest BCUT2D eigenvalue weighted by atomic mass is 19.4. The van der Waals surface area contributed by atoms with Crippen molar-refractivity contribution < 1.29 is 36.2 Å². The number of anilines is 1. The zero-order valence-corrected chi connectivity index (χ0v) is 19.2. The van der Waals surface area contributed by atoms with Crippen molar-refractivity contribution in [2.24, 2.45) is 0 Å². The molecule has 10 heteroatoms. The third-order valence-corrected chi connectivity index (χ3v) is 6.45. The minimum absolute atomic E-state index is 0.0365. The fourth-order valence-electron chi connectivity index (χ4n) is 4.47. The van der Waals surface area contributed by atoms with Gasteiger partial charge in [0.1, 0.15) is 0 Å². The van der Waals surface area contributed by atoms with Crippen LogP contribution in [0.15, 0.2) is 42.5 Å². The van der Waals surface area contributed by atoms with E-state index in [0.717, 1.165) is 30.5 Å². The Hall–Kier alpha value is -2.75. The highest BCUT2D eigenvalue weighted by molar-refractivity contribution is 5.84. The first-order valence-electron chi connectivity index (χ1n) is 11.4. The van der Waals surface area contributed by atoms with Crippen molar-refractivity contribution in [1.29, 1.82) is 0 Å². The molecule has 192 valence electrons. The number of benzene rings is 2. The minimum atomic E-state index is -4.98. The van der Waals surface area contributed by atoms with Gasteiger partial charge in [0.2, 0.25) is 5.91 Å². The number of amides is 1. The Labute approximate surface area is 199 Å². The number of nitrogens with one attached hydrogen (secondary N) is 2. The van der Waals surface area contributed by atoms with Gasteiger partial charge in [0, 0.05) is 12.2 Å². The maximum Gasteiger partial charge on any atom is 0.416 e. The topological polar surface area (TPSA) is 61.4 Å². The van der Waals surface area contributed by atoms with Crippen LogP contribution in [0.2, 0.25) is 0 Å². The second-order valence-electron chi connectivity index (χ2n) is 8.92. The summed E-state index contributed by atoms with van der Waals surface area (Å²) in [4.78, 5) is 13.2. The second-order valence-corrected chi connectivity index (χ2v) is 8.92. The van der Waals surface area contributed by atoms with Gasteiger partial charge in [0.25, 0.3) is 0 Å². The highest BCUT2D eigenvalue weighted by Gasteiger charge is 2.39. The predicted molar refractivity (Wildman–Crippen MR) is 120 cm³/mol. The summed E-state index contributed by atoms with van der Waals surface area (Å²) >= 11 is 0. The van der Waals surface area contributed by atoms with Crippen LogP contribution >= 0.6 is 0 Å². The Bertz CT molecular complexity index is 980. The molecule has 3 N–H and O–H groups in total. The van der Waals surface area contributed by atoms with E-state index in [9.17, 15) is 31.1 Å². The average Bonchev–Trinajstić information content (AvgIpc) is 2.81. The van der Waals surface area contributed by atoms with Crippen molar-refractivity contribution in [3.63, 3.8) is 0 Å². The molecule has 1 saturated carbocycles. The van der Waals surface area contributed by atoms with E-state index in [1.54, 1.807) is 12.1 Å². The minimum Gasteiger partial charge on any atom is -0.395 e. The largest absolute Gasteiger partial charge is 0.416 e. The number of carbonyl (C=O) groups excluding carboxylic acids is 1. The lowest BCUT2D eigenvalue weighted by molar-refractivity contribution is -0.143. The molecule has 0 heterocycles. The quantitative estimate of drug-likeness (QED) is 0.395. The number of carbonyl (C=O) groups is 1. The molecule has 2 aromatic rings. The summed E-state index contributed by atoms with van der Waals surface area (Å²) in [6.07, 6.45) is -6.16. The molecule has 1 aliphatic carbocycles. The Kier molecular flexibility index (Phi) is 8.03. The third-order valence-electron chi connectivity index (χ3n) is 6.45. The van der Waals surface area contributed by atoms with Crippen LogP contribution in [0.25, 0.3) is 0 Å². The number of aliphatic hydroxyl groups is 1. The second kappa shape index (κ2) is 10.5. The summed E-state index contributed by atoms with van der Waals surface area (Å²) in [7, 11) is 0. The lowest BCUT2D eigenvalue weighted by Crippen LogP contribution is -2.48. The molecule has 35 heavy (non-hydrogen) atoms. The maximum absolute atomic E-state index is 13.3. The first-order chi connectivity index (χ1) is 16.4. The molecule has 1 amide bonds. The van der Waals surface area contributed by atoms with E-state index in [0.29, 0.717) is 31.5 Å². The Morgan fingerprint density at radius 1 is 0.943 bits per heavy atom. The molecule has 0 saturated heterocycles. The summed E-state index contributed by atoms with van der Waals surface area (Å²) in [5.41, 5.74) is -2.42. The van der Waals surface area contributed by atoms with Crippen molar-refractivity contribution >= 4 is 11.6 Å². The van der Waals surface area contributed by atoms with Crippen LogP contribution in [0.1, 0.15) is 67.2 Å². The number of hydrogen-bond donors (Lipinski definition) is 3. The van der Waals surface area contributed by atoms with Crippen LogP contribution in [0.3, 0.4) is 0 Å². The molecule has 1 unspecified atom stereocenters. The van der Waals surface area contributed by atoms with E-state index in [2.05, 4.69) is 10.6 Å². The summed E-state index contributed by atoms with van der Waals surface area (Å²) in [6, 6.07) is 8.55. The van der Waals surface area contributed by atoms with E-state index in [-0.39, 0.29) is 18.2 Å². The van der Waals surface area contributed by atoms with E-state index >= 15 is 0 Å². The molecule has 0 radical (unpaired) electrons. The highest BCUT2D eigenvalue weighted by Crippen LogP contribution is 2.40. The first-order valence-corrected chi connectivity index (χ1v) is 11.4. The van der Waals surface area contributed by atoms with Gasteiger partial charge in [0.05, 0.1) is 29.2 Å². The Balaban J connectivity index is 1.91. The molecule has 2 aromatic carbocycles. The molecule has 4 nitrogen and oxygen atoms in total. The monoisotopic (exact) mass is 502 g/mol. The van der Waals surface area contributed by atoms with Gasteiger partial charge in [-0.25, -0.2) is 0 Å². The number of aliphatic hydroxyl groups excluding tert-OH is 1. The van der Waals surface area contributed by atoms with Crippen LogP contribution in [-0.4, -0.2) is 24.2 Å². The number of rotatable bonds is 7. The smallest absolute Gasteiger partial charge is 0.395 e. The van der Waals surface area contributed by atoms with Crippen LogP contribution in [-0.2, 0) is 22.7 Å². The van der Waals surface area contributed by atoms with Crippen molar-refractivity contribution in [2.45, 2.75) is 62.8 Å². The maximum atomic E-state index is 13.3.